The molecule has 0 radical (unpaired) electrons. The fourth-order valence-corrected chi connectivity index (χ4v) is 4.47. The second-order valence-corrected chi connectivity index (χ2v) is 8.51. The minimum atomic E-state index is -0.258. The van der Waals surface area contributed by atoms with Crippen molar-refractivity contribution in [1.82, 2.24) is 19.4 Å². The van der Waals surface area contributed by atoms with Gasteiger partial charge in [-0.15, -0.1) is 0 Å². The van der Waals surface area contributed by atoms with E-state index in [1.165, 1.54) is 4.57 Å². The van der Waals surface area contributed by atoms with Crippen molar-refractivity contribution in [2.45, 2.75) is 32.5 Å². The Labute approximate surface area is 184 Å². The van der Waals surface area contributed by atoms with Gasteiger partial charge in [-0.2, -0.15) is 0 Å². The van der Waals surface area contributed by atoms with Gasteiger partial charge < -0.3 is 24.3 Å². The highest BCUT2D eigenvalue weighted by atomic mass is 79.9. The number of nitrogens with one attached hydrogen (secondary N) is 1. The smallest absolute Gasteiger partial charge is 0.293 e. The number of piperazine rings is 1. The Morgan fingerprint density at radius 2 is 1.87 bits per heavy atom. The highest BCUT2D eigenvalue weighted by Crippen LogP contribution is 2.35. The Hall–Kier alpha value is -1.78. The fourth-order valence-electron chi connectivity index (χ4n) is 3.99. The Kier molecular flexibility index (Phi) is 6.54. The molecule has 0 spiro atoms. The van der Waals surface area contributed by atoms with Crippen LogP contribution >= 0.6 is 15.9 Å². The summed E-state index contributed by atoms with van der Waals surface area (Å²) in [4.78, 5) is 21.4. The van der Waals surface area contributed by atoms with Crippen molar-refractivity contribution in [3.63, 3.8) is 0 Å². The molecule has 1 atom stereocenters. The molecule has 1 N–H and O–H groups in total. The standard InChI is InChI=1S/C21H28BrN5O3/c1-4-26-9-11-27(12-10-26)18(21-29-14(2)30-21)15-5-7-16(8-6-15)23-19-20(28)25(3)13-17(22)24-19/h5-8,13-14,18,21H,4,9-12H2,1-3H3,(H,23,24). The summed E-state index contributed by atoms with van der Waals surface area (Å²) in [5.41, 5.74) is 1.76. The first-order chi connectivity index (χ1) is 14.4. The number of anilines is 2. The van der Waals surface area contributed by atoms with E-state index in [9.17, 15) is 4.79 Å². The summed E-state index contributed by atoms with van der Waals surface area (Å²) in [5, 5.41) is 3.12. The van der Waals surface area contributed by atoms with Crippen LogP contribution < -0.4 is 10.9 Å². The summed E-state index contributed by atoms with van der Waals surface area (Å²) < 4.78 is 13.8. The van der Waals surface area contributed by atoms with Gasteiger partial charge in [-0.3, -0.25) is 9.69 Å². The molecule has 2 aliphatic rings. The number of nitrogens with zero attached hydrogens (tertiary/aromatic N) is 4. The van der Waals surface area contributed by atoms with Gasteiger partial charge in [-0.05, 0) is 47.1 Å². The van der Waals surface area contributed by atoms with Crippen LogP contribution in [0.1, 0.15) is 25.5 Å². The van der Waals surface area contributed by atoms with Crippen LogP contribution in [0.4, 0.5) is 11.5 Å². The monoisotopic (exact) mass is 477 g/mol. The maximum absolute atomic E-state index is 12.3. The van der Waals surface area contributed by atoms with Crippen LogP contribution in [0.15, 0.2) is 39.9 Å². The van der Waals surface area contributed by atoms with E-state index >= 15 is 0 Å². The molecule has 2 aromatic rings. The molecule has 9 heteroatoms. The molecule has 3 heterocycles. The van der Waals surface area contributed by atoms with Gasteiger partial charge in [0.1, 0.15) is 4.60 Å². The van der Waals surface area contributed by atoms with Crippen molar-refractivity contribution in [3.05, 3.63) is 51.0 Å². The third-order valence-electron chi connectivity index (χ3n) is 5.71. The summed E-state index contributed by atoms with van der Waals surface area (Å²) in [6.45, 7) is 9.25. The molecular formula is C21H28BrN5O3. The molecule has 2 aliphatic heterocycles. The Morgan fingerprint density at radius 3 is 2.47 bits per heavy atom. The third-order valence-corrected chi connectivity index (χ3v) is 6.10. The van der Waals surface area contributed by atoms with E-state index in [-0.39, 0.29) is 30.0 Å². The average molecular weight is 478 g/mol. The van der Waals surface area contributed by atoms with Crippen LogP contribution in [0.25, 0.3) is 0 Å². The van der Waals surface area contributed by atoms with Gasteiger partial charge in [0, 0.05) is 45.1 Å². The van der Waals surface area contributed by atoms with E-state index in [4.69, 9.17) is 9.47 Å². The summed E-state index contributed by atoms with van der Waals surface area (Å²) in [6, 6.07) is 8.12. The average Bonchev–Trinajstić information content (AvgIpc) is 2.72. The van der Waals surface area contributed by atoms with Crippen molar-refractivity contribution >= 4 is 27.4 Å². The van der Waals surface area contributed by atoms with Gasteiger partial charge in [-0.1, -0.05) is 19.1 Å². The number of likely N-dealkylation sites (N-methyl/N-ethyl adjacent to an activating group) is 1. The van der Waals surface area contributed by atoms with E-state index < -0.39 is 0 Å². The maximum Gasteiger partial charge on any atom is 0.293 e. The molecule has 30 heavy (non-hydrogen) atoms. The van der Waals surface area contributed by atoms with Crippen LogP contribution in [-0.4, -0.2) is 64.7 Å². The lowest BCUT2D eigenvalue weighted by Crippen LogP contribution is -2.54. The quantitative estimate of drug-likeness (QED) is 0.685. The van der Waals surface area contributed by atoms with E-state index in [0.717, 1.165) is 44.0 Å². The first-order valence-corrected chi connectivity index (χ1v) is 11.1. The van der Waals surface area contributed by atoms with E-state index in [0.29, 0.717) is 4.60 Å². The molecular weight excluding hydrogens is 450 g/mol. The highest BCUT2D eigenvalue weighted by Gasteiger charge is 2.39. The van der Waals surface area contributed by atoms with Crippen LogP contribution in [0, 0.1) is 0 Å². The lowest BCUT2D eigenvalue weighted by molar-refractivity contribution is -0.393. The molecule has 0 bridgehead atoms. The Bertz CT molecular complexity index is 921. The second kappa shape index (κ2) is 9.15. The van der Waals surface area contributed by atoms with Crippen LogP contribution in [0.2, 0.25) is 0 Å². The minimum Gasteiger partial charge on any atom is -0.336 e. The summed E-state index contributed by atoms with van der Waals surface area (Å²) in [6.07, 6.45) is 1.22. The lowest BCUT2D eigenvalue weighted by atomic mass is 10.0. The molecule has 162 valence electrons. The van der Waals surface area contributed by atoms with Crippen molar-refractivity contribution in [3.8, 4) is 0 Å². The van der Waals surface area contributed by atoms with E-state index in [2.05, 4.69) is 55.1 Å². The topological polar surface area (TPSA) is 71.9 Å². The number of aryl methyl sites for hydroxylation is 1. The Morgan fingerprint density at radius 1 is 1.20 bits per heavy atom. The molecule has 1 aromatic carbocycles. The summed E-state index contributed by atoms with van der Waals surface area (Å²) in [7, 11) is 1.70. The predicted octanol–water partition coefficient (Wildman–Crippen LogP) is 2.68. The van der Waals surface area contributed by atoms with E-state index in [1.54, 1.807) is 13.2 Å². The SMILES string of the molecule is CCN1CCN(C(c2ccc(Nc3nc(Br)cn(C)c3=O)cc2)C2OC(C)O2)CC1. The number of benzene rings is 1. The van der Waals surface area contributed by atoms with Gasteiger partial charge >= 0.3 is 0 Å². The fraction of sp³-hybridized carbons (Fsp3) is 0.524. The normalized spacial score (nSPS) is 23.7. The molecule has 8 nitrogen and oxygen atoms in total. The number of rotatable bonds is 6. The van der Waals surface area contributed by atoms with Gasteiger partial charge in [0.25, 0.3) is 5.56 Å². The predicted molar refractivity (Wildman–Crippen MR) is 119 cm³/mol. The molecule has 1 unspecified atom stereocenters. The van der Waals surface area contributed by atoms with Crippen LogP contribution in [0.5, 0.6) is 0 Å². The third kappa shape index (κ3) is 4.60. The second-order valence-electron chi connectivity index (χ2n) is 7.70. The maximum atomic E-state index is 12.3. The molecule has 4 rings (SSSR count). The Balaban J connectivity index is 1.52. The zero-order valence-electron chi connectivity index (χ0n) is 17.5. The van der Waals surface area contributed by atoms with Gasteiger partial charge in [0.15, 0.2) is 18.4 Å². The number of hydrogen-bond donors (Lipinski definition) is 1. The molecule has 1 aromatic heterocycles. The number of aromatic nitrogens is 2. The largest absolute Gasteiger partial charge is 0.336 e. The first kappa shape index (κ1) is 21.5. The van der Waals surface area contributed by atoms with Crippen LogP contribution in [0.3, 0.4) is 0 Å². The minimum absolute atomic E-state index is 0.0473. The van der Waals surface area contributed by atoms with E-state index in [1.807, 2.05) is 19.1 Å². The van der Waals surface area contributed by atoms with Gasteiger partial charge in [0.05, 0.1) is 6.04 Å². The highest BCUT2D eigenvalue weighted by molar-refractivity contribution is 9.10. The molecule has 0 amide bonds. The van der Waals surface area contributed by atoms with Crippen molar-refractivity contribution in [1.29, 1.82) is 0 Å². The number of halogens is 1. The summed E-state index contributed by atoms with van der Waals surface area (Å²) >= 11 is 3.33. The van der Waals surface area contributed by atoms with Gasteiger partial charge in [-0.25, -0.2) is 4.98 Å². The van der Waals surface area contributed by atoms with Gasteiger partial charge in [0.2, 0.25) is 0 Å². The van der Waals surface area contributed by atoms with Crippen molar-refractivity contribution < 1.29 is 9.47 Å². The van der Waals surface area contributed by atoms with Crippen molar-refractivity contribution in [2.24, 2.45) is 7.05 Å². The number of hydrogen-bond acceptors (Lipinski definition) is 7. The zero-order valence-corrected chi connectivity index (χ0v) is 19.1. The zero-order chi connectivity index (χ0) is 21.3. The van der Waals surface area contributed by atoms with Crippen LogP contribution in [-0.2, 0) is 16.5 Å². The molecule has 2 saturated heterocycles. The number of ether oxygens (including phenoxy) is 2. The molecule has 0 saturated carbocycles. The molecule has 0 aliphatic carbocycles. The summed E-state index contributed by atoms with van der Waals surface area (Å²) in [5.74, 6) is 0.284. The van der Waals surface area contributed by atoms with Crippen molar-refractivity contribution in [2.75, 3.05) is 38.0 Å². The molecule has 2 fully saturated rings. The first-order valence-electron chi connectivity index (χ1n) is 10.3. The lowest BCUT2D eigenvalue weighted by Gasteiger charge is -2.46.